The number of hydrogen-bond donors (Lipinski definition) is 0. The van der Waals surface area contributed by atoms with Gasteiger partial charge in [0.25, 0.3) is 0 Å². The molecule has 0 bridgehead atoms. The zero-order valence-electron chi connectivity index (χ0n) is 10.7. The molecule has 0 saturated heterocycles. The van der Waals surface area contributed by atoms with Crippen molar-refractivity contribution in [1.82, 2.24) is 0 Å². The van der Waals surface area contributed by atoms with E-state index in [2.05, 4.69) is 5.39 Å². The standard InChI is InChI=1S/C12H13O4.CH2.Al/c1-14-10-8-12(16-3)11(15-2)7-9(10)5-4-6-13;;/h4-5,7-8H,1-3H3;1H2;/b5-4+;;. The van der Waals surface area contributed by atoms with Crippen LogP contribution in [-0.2, 0) is 4.79 Å². The van der Waals surface area contributed by atoms with Crippen molar-refractivity contribution >= 4 is 30.9 Å². The number of ether oxygens (including phenoxy) is 3. The molecule has 0 amide bonds. The first-order valence-corrected chi connectivity index (χ1v) is 6.70. The third-order valence-corrected chi connectivity index (χ3v) is 2.96. The fourth-order valence-corrected chi connectivity index (χ4v) is 1.66. The number of rotatable bonds is 6. The predicted octanol–water partition coefficient (Wildman–Crippen LogP) is 1.39. The van der Waals surface area contributed by atoms with Gasteiger partial charge in [0.05, 0.1) is 0 Å². The molecule has 94 valence electrons. The van der Waals surface area contributed by atoms with Gasteiger partial charge in [0.2, 0.25) is 0 Å². The van der Waals surface area contributed by atoms with Crippen molar-refractivity contribution in [2.45, 2.75) is 0 Å². The van der Waals surface area contributed by atoms with Crippen molar-refractivity contribution in [3.63, 3.8) is 0 Å². The van der Waals surface area contributed by atoms with Crippen LogP contribution in [0.1, 0.15) is 5.56 Å². The van der Waals surface area contributed by atoms with E-state index >= 15 is 0 Å². The molecule has 0 N–H and O–H groups in total. The molecule has 1 rings (SSSR count). The summed E-state index contributed by atoms with van der Waals surface area (Å²) >= 11 is -0.446. The number of carbonyl (C=O) groups excluding carboxylic acids is 1. The van der Waals surface area contributed by atoms with E-state index in [0.29, 0.717) is 17.2 Å². The SMILES string of the molecule is [CH2]=[Al][C](=O)/C=C/c1cc(OC)c(OC)cc1OC. The van der Waals surface area contributed by atoms with E-state index in [9.17, 15) is 4.79 Å². The summed E-state index contributed by atoms with van der Waals surface area (Å²) in [6, 6.07) is 3.49. The van der Waals surface area contributed by atoms with Gasteiger partial charge in [0, 0.05) is 0 Å². The summed E-state index contributed by atoms with van der Waals surface area (Å²) in [5.74, 6) is 1.80. The Hall–Kier alpha value is -1.57. The quantitative estimate of drug-likeness (QED) is 0.574. The van der Waals surface area contributed by atoms with Crippen LogP contribution in [0.4, 0.5) is 0 Å². The molecule has 0 saturated carbocycles. The number of carbonyl (C=O) groups is 1. The Morgan fingerprint density at radius 3 is 2.17 bits per heavy atom. The average molecular weight is 262 g/mol. The molecule has 0 fully saturated rings. The second-order valence-electron chi connectivity index (χ2n) is 3.39. The Morgan fingerprint density at radius 2 is 1.67 bits per heavy atom. The van der Waals surface area contributed by atoms with Gasteiger partial charge in [-0.2, -0.15) is 0 Å². The van der Waals surface area contributed by atoms with Crippen LogP contribution >= 0.6 is 0 Å². The maximum atomic E-state index is 11.3. The third kappa shape index (κ3) is 3.46. The molecule has 0 aliphatic carbocycles. The number of hydrogen-bond acceptors (Lipinski definition) is 4. The van der Waals surface area contributed by atoms with Gasteiger partial charge >= 0.3 is 112 Å². The van der Waals surface area contributed by atoms with Gasteiger partial charge in [-0.1, -0.05) is 0 Å². The summed E-state index contributed by atoms with van der Waals surface area (Å²) in [5, 5.41) is 3.61. The zero-order valence-corrected chi connectivity index (χ0v) is 11.9. The van der Waals surface area contributed by atoms with Crippen LogP contribution in [-0.4, -0.2) is 46.1 Å². The normalized spacial score (nSPS) is 9.94. The van der Waals surface area contributed by atoms with Crippen molar-refractivity contribution < 1.29 is 19.0 Å². The summed E-state index contributed by atoms with van der Waals surface area (Å²) in [6.07, 6.45) is 3.20. The molecule has 0 spiro atoms. The van der Waals surface area contributed by atoms with Gasteiger partial charge in [-0.05, 0) is 0 Å². The molecule has 0 aromatic heterocycles. The molecule has 1 aromatic rings. The van der Waals surface area contributed by atoms with Gasteiger partial charge < -0.3 is 0 Å². The summed E-state index contributed by atoms with van der Waals surface area (Å²) < 4.78 is 15.7. The molecule has 0 unspecified atom stereocenters. The maximum absolute atomic E-state index is 11.3. The minimum absolute atomic E-state index is 0.0341. The zero-order chi connectivity index (χ0) is 13.5. The summed E-state index contributed by atoms with van der Waals surface area (Å²) in [7, 11) is 4.68. The van der Waals surface area contributed by atoms with Crippen molar-refractivity contribution in [2.75, 3.05) is 21.3 Å². The van der Waals surface area contributed by atoms with Gasteiger partial charge in [0.1, 0.15) is 0 Å². The van der Waals surface area contributed by atoms with Crippen molar-refractivity contribution in [1.29, 1.82) is 0 Å². The molecule has 1 aromatic carbocycles. The number of allylic oxidation sites excluding steroid dienone is 1. The molecule has 0 aliphatic heterocycles. The van der Waals surface area contributed by atoms with E-state index < -0.39 is 14.8 Å². The molecular formula is C13H15AlO4. The van der Waals surface area contributed by atoms with Gasteiger partial charge in [-0.25, -0.2) is 0 Å². The van der Waals surface area contributed by atoms with Crippen LogP contribution in [0.2, 0.25) is 0 Å². The van der Waals surface area contributed by atoms with E-state index in [1.807, 2.05) is 0 Å². The van der Waals surface area contributed by atoms with E-state index in [4.69, 9.17) is 14.2 Å². The van der Waals surface area contributed by atoms with Gasteiger partial charge in [-0.3, -0.25) is 0 Å². The Kier molecular flexibility index (Phi) is 5.63. The molecule has 18 heavy (non-hydrogen) atoms. The molecule has 4 nitrogen and oxygen atoms in total. The fraction of sp³-hybridized carbons (Fsp3) is 0.231. The average Bonchev–Trinajstić information content (AvgIpc) is 2.43. The monoisotopic (exact) mass is 262 g/mol. The molecule has 0 radical (unpaired) electrons. The van der Waals surface area contributed by atoms with E-state index in [1.54, 1.807) is 39.5 Å². The summed E-state index contributed by atoms with van der Waals surface area (Å²) in [5.41, 5.74) is 0.761. The first-order valence-electron chi connectivity index (χ1n) is 5.30. The second-order valence-corrected chi connectivity index (χ2v) is 4.37. The van der Waals surface area contributed by atoms with E-state index in [1.165, 1.54) is 6.08 Å². The predicted molar refractivity (Wildman–Crippen MR) is 73.0 cm³/mol. The Bertz CT molecular complexity index is 480. The first-order chi connectivity index (χ1) is 8.65. The van der Waals surface area contributed by atoms with Crippen LogP contribution in [0.15, 0.2) is 18.2 Å². The van der Waals surface area contributed by atoms with Crippen LogP contribution < -0.4 is 14.2 Å². The van der Waals surface area contributed by atoms with Crippen LogP contribution in [0.3, 0.4) is 0 Å². The van der Waals surface area contributed by atoms with Crippen molar-refractivity contribution in [2.24, 2.45) is 0 Å². The number of methoxy groups -OCH3 is 3. The topological polar surface area (TPSA) is 44.8 Å². The summed E-state index contributed by atoms with van der Waals surface area (Å²) in [4.78, 5) is 11.3. The van der Waals surface area contributed by atoms with Crippen LogP contribution in [0.25, 0.3) is 6.08 Å². The summed E-state index contributed by atoms with van der Waals surface area (Å²) in [6.45, 7) is 0. The molecule has 0 aliphatic rings. The van der Waals surface area contributed by atoms with Crippen LogP contribution in [0, 0.1) is 0 Å². The number of benzene rings is 1. The second kappa shape index (κ2) is 7.00. The van der Waals surface area contributed by atoms with E-state index in [0.717, 1.165) is 5.56 Å². The minimum atomic E-state index is -0.446. The Labute approximate surface area is 112 Å². The van der Waals surface area contributed by atoms with Gasteiger partial charge in [-0.15, -0.1) is 0 Å². The van der Waals surface area contributed by atoms with Crippen molar-refractivity contribution in [3.05, 3.63) is 23.8 Å². The van der Waals surface area contributed by atoms with Crippen molar-refractivity contribution in [3.8, 4) is 17.2 Å². The molecule has 0 heterocycles. The van der Waals surface area contributed by atoms with Gasteiger partial charge in [0.15, 0.2) is 0 Å². The molecule has 5 heteroatoms. The Balaban J connectivity index is 3.21. The van der Waals surface area contributed by atoms with Crippen LogP contribution in [0.5, 0.6) is 17.2 Å². The fourth-order valence-electron chi connectivity index (χ4n) is 1.42. The first kappa shape index (κ1) is 14.5. The molecular weight excluding hydrogens is 247 g/mol. The van der Waals surface area contributed by atoms with E-state index in [-0.39, 0.29) is 4.65 Å². The third-order valence-electron chi connectivity index (χ3n) is 2.36. The molecule has 0 atom stereocenters. The Morgan fingerprint density at radius 1 is 1.11 bits per heavy atom.